The second-order valence-corrected chi connectivity index (χ2v) is 7.16. The van der Waals surface area contributed by atoms with Crippen LogP contribution in [0.3, 0.4) is 0 Å². The van der Waals surface area contributed by atoms with Crippen molar-refractivity contribution in [1.29, 1.82) is 0 Å². The normalized spacial score (nSPS) is 33.2. The standard InChI is InChI=1S/C20H28O4/c1-3-4-5-13(2)18(21)8-7-16-17-11-14(6-9-20(23)24)10-15(17)12-19(16)22/h6-8,13,15-19,21-22H,5,9-12H2,1-2H3,(H,23,24)/b8-7+,14-6+/t13-,15+,16?,17+,18-,19-/m1/s1. The lowest BCUT2D eigenvalue weighted by molar-refractivity contribution is -0.136. The Hall–Kier alpha value is -1.57. The van der Waals surface area contributed by atoms with E-state index in [2.05, 4.69) is 11.8 Å². The molecule has 0 aromatic carbocycles. The van der Waals surface area contributed by atoms with Crippen molar-refractivity contribution in [2.24, 2.45) is 23.7 Å². The number of carboxylic acids is 1. The zero-order chi connectivity index (χ0) is 17.7. The summed E-state index contributed by atoms with van der Waals surface area (Å²) in [6.07, 6.45) is 7.92. The highest BCUT2D eigenvalue weighted by molar-refractivity contribution is 5.68. The average Bonchev–Trinajstić information content (AvgIpc) is 3.05. The van der Waals surface area contributed by atoms with Crippen molar-refractivity contribution < 1.29 is 20.1 Å². The van der Waals surface area contributed by atoms with Gasteiger partial charge in [-0.3, -0.25) is 4.79 Å². The molecule has 132 valence electrons. The molecule has 0 saturated heterocycles. The molecule has 4 nitrogen and oxygen atoms in total. The van der Waals surface area contributed by atoms with Gasteiger partial charge in [0.2, 0.25) is 0 Å². The lowest BCUT2D eigenvalue weighted by atomic mass is 9.89. The Morgan fingerprint density at radius 3 is 2.83 bits per heavy atom. The van der Waals surface area contributed by atoms with Crippen molar-refractivity contribution in [3.05, 3.63) is 23.8 Å². The zero-order valence-electron chi connectivity index (χ0n) is 14.5. The topological polar surface area (TPSA) is 77.8 Å². The Balaban J connectivity index is 1.97. The van der Waals surface area contributed by atoms with Crippen LogP contribution < -0.4 is 0 Å². The molecule has 0 radical (unpaired) electrons. The zero-order valence-corrected chi connectivity index (χ0v) is 14.5. The number of aliphatic hydroxyl groups is 2. The molecule has 0 bridgehead atoms. The second kappa shape index (κ2) is 8.50. The summed E-state index contributed by atoms with van der Waals surface area (Å²) < 4.78 is 0. The summed E-state index contributed by atoms with van der Waals surface area (Å²) in [6.45, 7) is 3.76. The molecule has 2 rings (SSSR count). The van der Waals surface area contributed by atoms with E-state index >= 15 is 0 Å². The molecular weight excluding hydrogens is 304 g/mol. The number of rotatable bonds is 6. The first-order chi connectivity index (χ1) is 11.4. The van der Waals surface area contributed by atoms with Crippen molar-refractivity contribution in [2.75, 3.05) is 0 Å². The van der Waals surface area contributed by atoms with Crippen LogP contribution in [-0.4, -0.2) is 33.5 Å². The van der Waals surface area contributed by atoms with Crippen molar-refractivity contribution in [1.82, 2.24) is 0 Å². The first-order valence-corrected chi connectivity index (χ1v) is 8.76. The van der Waals surface area contributed by atoms with Crippen LogP contribution in [0.5, 0.6) is 0 Å². The van der Waals surface area contributed by atoms with Gasteiger partial charge in [0.05, 0.1) is 18.6 Å². The molecule has 24 heavy (non-hydrogen) atoms. The predicted octanol–water partition coefficient (Wildman–Crippen LogP) is 2.76. The third-order valence-electron chi connectivity index (χ3n) is 5.39. The first-order valence-electron chi connectivity index (χ1n) is 8.76. The van der Waals surface area contributed by atoms with E-state index in [0.29, 0.717) is 18.3 Å². The third-order valence-corrected chi connectivity index (χ3v) is 5.39. The molecule has 1 unspecified atom stereocenters. The van der Waals surface area contributed by atoms with E-state index in [4.69, 9.17) is 5.11 Å². The fourth-order valence-corrected chi connectivity index (χ4v) is 3.99. The molecule has 0 aliphatic heterocycles. The summed E-state index contributed by atoms with van der Waals surface area (Å²) in [7, 11) is 0. The minimum atomic E-state index is -0.802. The Morgan fingerprint density at radius 1 is 1.42 bits per heavy atom. The molecule has 0 heterocycles. The molecule has 0 amide bonds. The van der Waals surface area contributed by atoms with Gasteiger partial charge in [-0.15, -0.1) is 11.8 Å². The highest BCUT2D eigenvalue weighted by atomic mass is 16.4. The Kier molecular flexibility index (Phi) is 6.65. The van der Waals surface area contributed by atoms with Crippen molar-refractivity contribution in [2.45, 2.75) is 58.2 Å². The minimum absolute atomic E-state index is 0.0461. The van der Waals surface area contributed by atoms with Gasteiger partial charge in [0.15, 0.2) is 0 Å². The maximum atomic E-state index is 10.7. The first kappa shape index (κ1) is 18.8. The molecule has 0 aromatic heterocycles. The van der Waals surface area contributed by atoms with E-state index in [1.54, 1.807) is 13.0 Å². The van der Waals surface area contributed by atoms with E-state index in [0.717, 1.165) is 19.3 Å². The van der Waals surface area contributed by atoms with Gasteiger partial charge in [-0.25, -0.2) is 0 Å². The summed E-state index contributed by atoms with van der Waals surface area (Å²) in [5, 5.41) is 29.3. The molecular formula is C20H28O4. The summed E-state index contributed by atoms with van der Waals surface area (Å²) in [5.74, 6) is 5.92. The van der Waals surface area contributed by atoms with Crippen LogP contribution in [0.1, 0.15) is 46.0 Å². The Bertz CT molecular complexity index is 566. The van der Waals surface area contributed by atoms with Crippen molar-refractivity contribution in [3.63, 3.8) is 0 Å². The average molecular weight is 332 g/mol. The minimum Gasteiger partial charge on any atom is -0.481 e. The Morgan fingerprint density at radius 2 is 2.17 bits per heavy atom. The van der Waals surface area contributed by atoms with Gasteiger partial charge < -0.3 is 15.3 Å². The smallest absolute Gasteiger partial charge is 0.307 e. The molecule has 2 aliphatic carbocycles. The number of aliphatic carboxylic acids is 1. The van der Waals surface area contributed by atoms with Gasteiger partial charge in [0, 0.05) is 12.3 Å². The number of hydrogen-bond donors (Lipinski definition) is 3. The van der Waals surface area contributed by atoms with Gasteiger partial charge in [0.1, 0.15) is 0 Å². The number of fused-ring (bicyclic) bond motifs is 1. The fraction of sp³-hybridized carbons (Fsp3) is 0.650. The fourth-order valence-electron chi connectivity index (χ4n) is 3.99. The van der Waals surface area contributed by atoms with E-state index in [1.165, 1.54) is 5.57 Å². The van der Waals surface area contributed by atoms with Crippen LogP contribution in [0.25, 0.3) is 0 Å². The maximum Gasteiger partial charge on any atom is 0.307 e. The molecule has 0 aromatic rings. The van der Waals surface area contributed by atoms with E-state index in [9.17, 15) is 15.0 Å². The highest BCUT2D eigenvalue weighted by Gasteiger charge is 2.45. The van der Waals surface area contributed by atoms with Crippen molar-refractivity contribution >= 4 is 5.97 Å². The van der Waals surface area contributed by atoms with Crippen LogP contribution in [0.15, 0.2) is 23.8 Å². The summed E-state index contributed by atoms with van der Waals surface area (Å²) in [4.78, 5) is 10.7. The summed E-state index contributed by atoms with van der Waals surface area (Å²) in [5.41, 5.74) is 1.20. The highest BCUT2D eigenvalue weighted by Crippen LogP contribution is 2.50. The largest absolute Gasteiger partial charge is 0.481 e. The quantitative estimate of drug-likeness (QED) is 0.516. The molecule has 0 spiro atoms. The van der Waals surface area contributed by atoms with Crippen LogP contribution in [0.2, 0.25) is 0 Å². The monoisotopic (exact) mass is 332 g/mol. The molecule has 6 atom stereocenters. The number of carboxylic acid groups (broad SMARTS) is 1. The summed E-state index contributed by atoms with van der Waals surface area (Å²) in [6, 6.07) is 0. The number of allylic oxidation sites excluding steroid dienone is 1. The number of aliphatic hydroxyl groups excluding tert-OH is 2. The Labute approximate surface area is 144 Å². The summed E-state index contributed by atoms with van der Waals surface area (Å²) >= 11 is 0. The van der Waals surface area contributed by atoms with Gasteiger partial charge in [-0.2, -0.15) is 0 Å². The second-order valence-electron chi connectivity index (χ2n) is 7.16. The molecule has 2 aliphatic rings. The number of carbonyl (C=O) groups is 1. The van der Waals surface area contributed by atoms with Crippen LogP contribution in [0, 0.1) is 35.5 Å². The van der Waals surface area contributed by atoms with Crippen LogP contribution in [-0.2, 0) is 4.79 Å². The molecule has 4 heteroatoms. The van der Waals surface area contributed by atoms with Gasteiger partial charge in [-0.1, -0.05) is 30.7 Å². The van der Waals surface area contributed by atoms with Gasteiger partial charge in [0.25, 0.3) is 0 Å². The van der Waals surface area contributed by atoms with Gasteiger partial charge in [-0.05, 0) is 43.9 Å². The van der Waals surface area contributed by atoms with Crippen LogP contribution in [0.4, 0.5) is 0 Å². The van der Waals surface area contributed by atoms with E-state index in [1.807, 2.05) is 19.1 Å². The molecule has 3 N–H and O–H groups in total. The van der Waals surface area contributed by atoms with E-state index in [-0.39, 0.29) is 24.4 Å². The lowest BCUT2D eigenvalue weighted by Crippen LogP contribution is -2.19. The predicted molar refractivity (Wildman–Crippen MR) is 93.0 cm³/mol. The van der Waals surface area contributed by atoms with Gasteiger partial charge >= 0.3 is 5.97 Å². The maximum absolute atomic E-state index is 10.7. The van der Waals surface area contributed by atoms with Crippen molar-refractivity contribution in [3.8, 4) is 11.8 Å². The third kappa shape index (κ3) is 4.72. The van der Waals surface area contributed by atoms with Crippen LogP contribution >= 0.6 is 0 Å². The SMILES string of the molecule is CC#CC[C@@H](C)[C@H](O)/C=C/C1[C@H](O)C[C@@H]2C/C(=C\CC(=O)O)C[C@H]12. The van der Waals surface area contributed by atoms with E-state index < -0.39 is 12.1 Å². The number of hydrogen-bond acceptors (Lipinski definition) is 3. The molecule has 2 fully saturated rings. The molecule has 2 saturated carbocycles. The lowest BCUT2D eigenvalue weighted by Gasteiger charge is -2.19.